The van der Waals surface area contributed by atoms with Gasteiger partial charge in [-0.05, 0) is 88.3 Å². The smallest absolute Gasteiger partial charge is 0.265 e. The summed E-state index contributed by atoms with van der Waals surface area (Å²) in [4.78, 5) is 80.3. The fraction of sp³-hybridized carbons (Fsp3) is 0.472. The van der Waals surface area contributed by atoms with Crippen LogP contribution in [0.3, 0.4) is 0 Å². The Morgan fingerprint density at radius 3 is 1.52 bits per heavy atom. The van der Waals surface area contributed by atoms with Crippen molar-refractivity contribution in [1.82, 2.24) is 48.7 Å². The first-order chi connectivity index (χ1) is 35.9. The van der Waals surface area contributed by atoms with Gasteiger partial charge in [-0.3, -0.25) is 32.5 Å². The molecule has 4 fully saturated rings. The summed E-state index contributed by atoms with van der Waals surface area (Å²) >= 11 is 0. The van der Waals surface area contributed by atoms with Crippen molar-refractivity contribution in [2.45, 2.75) is 68.6 Å². The third-order valence-corrected chi connectivity index (χ3v) is 15.0. The number of anilines is 5. The number of nitrogen functional groups attached to an aromatic ring is 1. The molecular weight excluding hydrogens is 983 g/mol. The molecule has 19 nitrogen and oxygen atoms in total. The number of carbonyl (C=O) groups excluding carboxylic acids is 2. The molecule has 10 rings (SSSR count). The summed E-state index contributed by atoms with van der Waals surface area (Å²) in [6.07, 6.45) is 12.3. The van der Waals surface area contributed by atoms with Crippen LogP contribution in [0.4, 0.5) is 37.5 Å². The summed E-state index contributed by atoms with van der Waals surface area (Å²) in [5, 5.41) is 4.51. The number of piperazine rings is 2. The van der Waals surface area contributed by atoms with E-state index in [0.717, 1.165) is 104 Å². The first-order valence-electron chi connectivity index (χ1n) is 25.5. The minimum absolute atomic E-state index is 0.0158. The van der Waals surface area contributed by atoms with Gasteiger partial charge in [-0.25, -0.2) is 23.7 Å². The van der Waals surface area contributed by atoms with Crippen LogP contribution in [0.25, 0.3) is 22.1 Å². The first kappa shape index (κ1) is 54.4. The lowest BCUT2D eigenvalue weighted by Gasteiger charge is -2.34. The van der Waals surface area contributed by atoms with Crippen LogP contribution < -0.4 is 32.0 Å². The molecule has 1 unspecified atom stereocenters. The third kappa shape index (κ3) is 12.5. The molecule has 3 N–H and O–H groups in total. The van der Waals surface area contributed by atoms with Crippen molar-refractivity contribution in [3.63, 3.8) is 0 Å². The van der Waals surface area contributed by atoms with E-state index in [2.05, 4.69) is 58.9 Å². The van der Waals surface area contributed by atoms with E-state index in [1.807, 2.05) is 6.07 Å². The van der Waals surface area contributed by atoms with Crippen LogP contribution in [0, 0.1) is 11.6 Å². The number of benzene rings is 2. The number of halogens is 2. The van der Waals surface area contributed by atoms with Gasteiger partial charge in [0.05, 0.1) is 22.2 Å². The number of likely N-dealkylation sites (N-methyl/N-ethyl adjacent to an activating group) is 2. The number of pyridine rings is 2. The monoisotopic (exact) mass is 1050 g/mol. The lowest BCUT2D eigenvalue weighted by Crippen LogP contribution is -2.44. The summed E-state index contributed by atoms with van der Waals surface area (Å²) < 4.78 is 43.5. The van der Waals surface area contributed by atoms with Crippen molar-refractivity contribution in [2.24, 2.45) is 0 Å². The van der Waals surface area contributed by atoms with Crippen LogP contribution in [0.2, 0.25) is 0 Å². The van der Waals surface area contributed by atoms with Crippen LogP contribution in [-0.4, -0.2) is 166 Å². The second-order valence-electron chi connectivity index (χ2n) is 20.2. The van der Waals surface area contributed by atoms with Crippen LogP contribution in [-0.2, 0) is 10.8 Å². The third-order valence-electron chi connectivity index (χ3n) is 14.3. The van der Waals surface area contributed by atoms with E-state index in [9.17, 15) is 32.2 Å². The van der Waals surface area contributed by atoms with Gasteiger partial charge >= 0.3 is 0 Å². The summed E-state index contributed by atoms with van der Waals surface area (Å²) in [5.74, 6) is -0.935. The van der Waals surface area contributed by atoms with Crippen molar-refractivity contribution >= 4 is 73.4 Å². The van der Waals surface area contributed by atoms with Gasteiger partial charge in [-0.2, -0.15) is 4.98 Å². The molecule has 400 valence electrons. The second-order valence-corrected chi connectivity index (χ2v) is 21.5. The van der Waals surface area contributed by atoms with Gasteiger partial charge in [0.25, 0.3) is 22.9 Å². The molecule has 2 amide bonds. The molecule has 4 aromatic heterocycles. The molecule has 6 heterocycles. The van der Waals surface area contributed by atoms with E-state index in [4.69, 9.17) is 5.73 Å². The molecule has 1 atom stereocenters. The zero-order valence-electron chi connectivity index (χ0n) is 43.9. The molecule has 2 aliphatic carbocycles. The SMILES string of the molecule is CN(C)C(=O)c1cc2cnc(S(C)=O)nc2n(C2CCCC2)c1=O.CN1CCN(c2ccc(N)cc2F)CC1.CN1CCN(c2ccc(Nc3ncc4cc(C(=O)N(C)C)c(=O)n(C5CCCC5)c4n3)cc2F)CC1. The Labute approximate surface area is 437 Å². The quantitative estimate of drug-likeness (QED) is 0.131. The number of nitrogens with two attached hydrogens (primary N) is 1. The highest BCUT2D eigenvalue weighted by Gasteiger charge is 2.28. The standard InChI is InChI=1S/C26H32FN7O2.C16H20N4O3S.C11H16FN3/c1-31(2)24(35)20-14-17-16-28-26(30-23(17)34(25(20)36)19-6-4-5-7-19)29-18-8-9-22(21(27)15-18)33-12-10-32(3)11-13-33;1-19(2)14(21)12-8-10-9-17-16(24(3)23)18-13(10)20(15(12)22)11-6-4-5-7-11;1-14-4-6-15(7-5-14)11-3-2-9(13)8-10(11)12/h8-9,14-16,19H,4-7,10-13H2,1-3H3,(H,28,29,30);8-9,11H,4-7H2,1-3H3;2-3,8H,4-7,13H2,1H3. The molecule has 4 aliphatic rings. The van der Waals surface area contributed by atoms with Gasteiger partial charge in [0.1, 0.15) is 34.1 Å². The summed E-state index contributed by atoms with van der Waals surface area (Å²) in [6.45, 7) is 7.06. The van der Waals surface area contributed by atoms with Crippen molar-refractivity contribution in [1.29, 1.82) is 0 Å². The minimum atomic E-state index is -1.34. The van der Waals surface area contributed by atoms with Crippen molar-refractivity contribution in [3.8, 4) is 0 Å². The van der Waals surface area contributed by atoms with Crippen molar-refractivity contribution in [2.75, 3.05) is 122 Å². The highest BCUT2D eigenvalue weighted by Crippen LogP contribution is 2.33. The van der Waals surface area contributed by atoms with Gasteiger partial charge < -0.3 is 40.4 Å². The van der Waals surface area contributed by atoms with E-state index in [1.54, 1.807) is 67.8 Å². The van der Waals surface area contributed by atoms with E-state index < -0.39 is 10.8 Å². The summed E-state index contributed by atoms with van der Waals surface area (Å²) in [5.41, 5.74) is 8.27. The number of hydrogen-bond acceptors (Lipinski definition) is 15. The molecule has 0 radical (unpaired) electrons. The van der Waals surface area contributed by atoms with Crippen molar-refractivity contribution in [3.05, 3.63) is 104 Å². The number of nitrogens with one attached hydrogen (secondary N) is 1. The second kappa shape index (κ2) is 23.7. The number of carbonyl (C=O) groups is 2. The number of amides is 2. The number of nitrogens with zero attached hydrogens (tertiary/aromatic N) is 12. The fourth-order valence-electron chi connectivity index (χ4n) is 10.1. The van der Waals surface area contributed by atoms with Crippen LogP contribution >= 0.6 is 0 Å². The first-order valence-corrected chi connectivity index (χ1v) is 27.0. The van der Waals surface area contributed by atoms with E-state index in [-0.39, 0.29) is 68.9 Å². The molecule has 6 aromatic rings. The molecule has 0 bridgehead atoms. The zero-order valence-corrected chi connectivity index (χ0v) is 44.7. The topological polar surface area (TPSA) is 204 Å². The lowest BCUT2D eigenvalue weighted by molar-refractivity contribution is 0.0818. The van der Waals surface area contributed by atoms with E-state index >= 15 is 0 Å². The van der Waals surface area contributed by atoms with E-state index in [1.165, 1.54) is 40.5 Å². The van der Waals surface area contributed by atoms with Gasteiger partial charge in [0, 0.05) is 133 Å². The van der Waals surface area contributed by atoms with Gasteiger partial charge in [0.2, 0.25) is 11.1 Å². The maximum atomic E-state index is 15.0. The molecule has 22 heteroatoms. The predicted molar refractivity (Wildman–Crippen MR) is 291 cm³/mol. The predicted octanol–water partition coefficient (Wildman–Crippen LogP) is 5.75. The number of rotatable bonds is 9. The van der Waals surface area contributed by atoms with Gasteiger partial charge in [-0.1, -0.05) is 25.7 Å². The minimum Gasteiger partial charge on any atom is -0.399 e. The Morgan fingerprint density at radius 2 is 1.08 bits per heavy atom. The Morgan fingerprint density at radius 1 is 0.640 bits per heavy atom. The van der Waals surface area contributed by atoms with Crippen molar-refractivity contribution < 1.29 is 22.6 Å². The van der Waals surface area contributed by atoms with Crippen LogP contribution in [0.1, 0.15) is 84.2 Å². The molecule has 2 saturated carbocycles. The molecule has 2 aliphatic heterocycles. The Kier molecular flexibility index (Phi) is 17.2. The number of hydrogen-bond donors (Lipinski definition) is 2. The maximum absolute atomic E-state index is 15.0. The number of fused-ring (bicyclic) bond motifs is 2. The highest BCUT2D eigenvalue weighted by molar-refractivity contribution is 7.84. The number of aromatic nitrogens is 6. The van der Waals surface area contributed by atoms with Gasteiger partial charge in [0.15, 0.2) is 0 Å². The lowest BCUT2D eigenvalue weighted by atomic mass is 10.1. The Bertz CT molecular complexity index is 3200. The summed E-state index contributed by atoms with van der Waals surface area (Å²) in [7, 11) is 9.30. The molecular formula is C53H68F2N14O5S. The highest BCUT2D eigenvalue weighted by atomic mass is 32.2. The maximum Gasteiger partial charge on any atom is 0.265 e. The fourth-order valence-corrected chi connectivity index (χ4v) is 10.5. The summed E-state index contributed by atoms with van der Waals surface area (Å²) in [6, 6.07) is 13.0. The molecule has 2 aromatic carbocycles. The average molecular weight is 1050 g/mol. The molecule has 0 spiro atoms. The Balaban J connectivity index is 0.000000164. The largest absolute Gasteiger partial charge is 0.399 e. The zero-order chi connectivity index (χ0) is 53.7. The molecule has 2 saturated heterocycles. The molecule has 75 heavy (non-hydrogen) atoms. The van der Waals surface area contributed by atoms with Crippen LogP contribution in [0.5, 0.6) is 0 Å². The van der Waals surface area contributed by atoms with E-state index in [0.29, 0.717) is 44.8 Å². The average Bonchev–Trinajstić information content (AvgIpc) is 4.13. The van der Waals surface area contributed by atoms with Gasteiger partial charge in [-0.15, -0.1) is 0 Å². The normalized spacial score (nSPS) is 17.1. The van der Waals surface area contributed by atoms with Crippen LogP contribution in [0.15, 0.2) is 75.7 Å². The Hall–Kier alpha value is -6.91.